The van der Waals surface area contributed by atoms with Crippen molar-refractivity contribution in [3.63, 3.8) is 0 Å². The van der Waals surface area contributed by atoms with Crippen LogP contribution < -0.4 is 5.32 Å². The molecule has 1 amide bonds. The SMILES string of the molecule is C=CC1=C(C)C2=NC1=CC1=NC(=CC3=C(C)C4=C(O)[C@H](C(=O)N5CCCCC5)C(=C5NC(=C2)[C@@H](C)[C@@H]5CCC(=O)OC)C4=N3)C(CC)=C1C. The smallest absolute Gasteiger partial charge is 0.305 e. The predicted molar refractivity (Wildman–Crippen MR) is 193 cm³/mol. The van der Waals surface area contributed by atoms with Crippen molar-refractivity contribution in [2.45, 2.75) is 73.1 Å². The van der Waals surface area contributed by atoms with E-state index in [2.05, 4.69) is 45.7 Å². The molecule has 6 heterocycles. The number of nitrogens with one attached hydrogen (secondary N) is 1. The van der Waals surface area contributed by atoms with Crippen LogP contribution in [0.2, 0.25) is 0 Å². The summed E-state index contributed by atoms with van der Waals surface area (Å²) in [6, 6.07) is 0. The molecule has 7 aliphatic rings. The minimum Gasteiger partial charge on any atom is -0.510 e. The van der Waals surface area contributed by atoms with Gasteiger partial charge in [-0.1, -0.05) is 26.5 Å². The zero-order valence-corrected chi connectivity index (χ0v) is 29.4. The number of carbonyl (C=O) groups excluding carboxylic acids is 2. The fraction of sp³-hybridized carbons (Fsp3) is 0.425. The topological polar surface area (TPSA) is 116 Å². The van der Waals surface area contributed by atoms with Crippen molar-refractivity contribution >= 4 is 29.0 Å². The number of nitrogens with zero attached hydrogens (tertiary/aromatic N) is 4. The molecule has 3 atom stereocenters. The first-order valence-electron chi connectivity index (χ1n) is 17.5. The predicted octanol–water partition coefficient (Wildman–Crippen LogP) is 7.04. The second-order valence-electron chi connectivity index (χ2n) is 13.9. The van der Waals surface area contributed by atoms with Gasteiger partial charge in [0.05, 0.1) is 41.3 Å². The van der Waals surface area contributed by atoms with E-state index < -0.39 is 5.92 Å². The lowest BCUT2D eigenvalue weighted by atomic mass is 9.84. The number of amides is 1. The summed E-state index contributed by atoms with van der Waals surface area (Å²) in [5.41, 5.74) is 12.7. The maximum Gasteiger partial charge on any atom is 0.305 e. The Bertz CT molecular complexity index is 1950. The summed E-state index contributed by atoms with van der Waals surface area (Å²) in [4.78, 5) is 44.2. The first kappa shape index (κ1) is 32.7. The molecule has 0 spiro atoms. The van der Waals surface area contributed by atoms with Crippen molar-refractivity contribution in [3.05, 3.63) is 104 Å². The van der Waals surface area contributed by atoms with Gasteiger partial charge in [-0.05, 0) is 93.4 Å². The fourth-order valence-corrected chi connectivity index (χ4v) is 8.34. The van der Waals surface area contributed by atoms with Gasteiger partial charge in [0.25, 0.3) is 0 Å². The van der Waals surface area contributed by atoms with E-state index in [4.69, 9.17) is 19.7 Å². The van der Waals surface area contributed by atoms with Crippen LogP contribution in [0.1, 0.15) is 73.1 Å². The lowest BCUT2D eigenvalue weighted by Gasteiger charge is -2.30. The van der Waals surface area contributed by atoms with Gasteiger partial charge in [0.15, 0.2) is 0 Å². The lowest BCUT2D eigenvalue weighted by Crippen LogP contribution is -2.41. The number of methoxy groups -OCH3 is 1. The minimum atomic E-state index is -0.888. The molecule has 2 fully saturated rings. The third kappa shape index (κ3) is 5.25. The Morgan fingerprint density at radius 2 is 1.73 bits per heavy atom. The largest absolute Gasteiger partial charge is 0.510 e. The Labute approximate surface area is 288 Å². The number of esters is 1. The standard InChI is InChI=1S/C40H45N5O4/c1-8-24-20(3)27-17-29-22(5)26(13-14-33(46)49-7)37(43-29)35-36(40(48)45-15-11-10-12-16-45)39(47)34-23(6)30(44-38(34)35)19-32-25(9-2)21(4)28(42-32)18-31(24)41-27/h8,17-19,22,26,36,43,47H,1,9-16H2,2-7H3/t22-,26-,36+/m0/s1. The van der Waals surface area contributed by atoms with Crippen LogP contribution in [0.4, 0.5) is 0 Å². The number of carbonyl (C=O) groups is 2. The summed E-state index contributed by atoms with van der Waals surface area (Å²) < 4.78 is 5.05. The molecule has 2 N–H and O–H groups in total. The van der Waals surface area contributed by atoms with E-state index in [-0.39, 0.29) is 35.9 Å². The first-order chi connectivity index (χ1) is 23.6. The van der Waals surface area contributed by atoms with Crippen molar-refractivity contribution in [3.8, 4) is 0 Å². The molecule has 7 rings (SSSR count). The normalized spacial score (nSPS) is 26.2. The molecule has 0 aromatic carbocycles. The Morgan fingerprint density at radius 3 is 2.43 bits per heavy atom. The van der Waals surface area contributed by atoms with Crippen LogP contribution in [-0.4, -0.2) is 59.2 Å². The summed E-state index contributed by atoms with van der Waals surface area (Å²) in [5.74, 6) is -1.45. The lowest BCUT2D eigenvalue weighted by molar-refractivity contribution is -0.141. The molecular formula is C40H45N5O4. The zero-order valence-electron chi connectivity index (χ0n) is 29.4. The maximum atomic E-state index is 14.4. The van der Waals surface area contributed by atoms with E-state index in [1.165, 1.54) is 7.11 Å². The molecule has 0 aromatic rings. The molecule has 254 valence electrons. The van der Waals surface area contributed by atoms with Crippen LogP contribution in [0, 0.1) is 17.8 Å². The van der Waals surface area contributed by atoms with Crippen LogP contribution in [0.25, 0.3) is 0 Å². The molecule has 1 aliphatic carbocycles. The molecule has 0 aromatic heterocycles. The van der Waals surface area contributed by atoms with Crippen molar-refractivity contribution in [1.29, 1.82) is 0 Å². The number of rotatable bonds is 6. The van der Waals surface area contributed by atoms with E-state index in [1.54, 1.807) is 0 Å². The van der Waals surface area contributed by atoms with Crippen LogP contribution in [0.3, 0.4) is 0 Å². The number of piperidine rings is 1. The number of fused-ring (bicyclic) bond motifs is 5. The summed E-state index contributed by atoms with van der Waals surface area (Å²) in [7, 11) is 1.40. The monoisotopic (exact) mass is 659 g/mol. The Kier molecular flexibility index (Phi) is 8.41. The van der Waals surface area contributed by atoms with Gasteiger partial charge in [0, 0.05) is 59.5 Å². The zero-order chi connectivity index (χ0) is 34.7. The van der Waals surface area contributed by atoms with Gasteiger partial charge < -0.3 is 20.1 Å². The van der Waals surface area contributed by atoms with E-state index in [0.717, 1.165) is 87.8 Å². The van der Waals surface area contributed by atoms with Gasteiger partial charge in [0.1, 0.15) is 11.7 Å². The highest BCUT2D eigenvalue weighted by Gasteiger charge is 2.49. The number of allylic oxidation sites excluding steroid dienone is 11. The average Bonchev–Trinajstić information content (AvgIpc) is 3.84. The number of likely N-dealkylation sites (tertiary alicyclic amines) is 1. The minimum absolute atomic E-state index is 0.0441. The third-order valence-electron chi connectivity index (χ3n) is 11.2. The highest BCUT2D eigenvalue weighted by molar-refractivity contribution is 6.24. The highest BCUT2D eigenvalue weighted by Crippen LogP contribution is 2.49. The summed E-state index contributed by atoms with van der Waals surface area (Å²) in [6.45, 7) is 15.8. The van der Waals surface area contributed by atoms with Crippen LogP contribution in [0.15, 0.2) is 119 Å². The summed E-state index contributed by atoms with van der Waals surface area (Å²) >= 11 is 0. The Hall–Kier alpha value is -4.79. The molecule has 8 bridgehead atoms. The van der Waals surface area contributed by atoms with Crippen LogP contribution >= 0.6 is 0 Å². The van der Waals surface area contributed by atoms with Gasteiger partial charge >= 0.3 is 5.97 Å². The quantitative estimate of drug-likeness (QED) is 0.297. The number of hydrogen-bond donors (Lipinski definition) is 2. The van der Waals surface area contributed by atoms with Crippen molar-refractivity contribution in [2.75, 3.05) is 20.2 Å². The maximum absolute atomic E-state index is 14.4. The number of hydrogen-bond acceptors (Lipinski definition) is 8. The highest BCUT2D eigenvalue weighted by atomic mass is 16.5. The van der Waals surface area contributed by atoms with Crippen molar-refractivity contribution in [2.24, 2.45) is 32.7 Å². The summed E-state index contributed by atoms with van der Waals surface area (Å²) in [5, 5.41) is 15.8. The van der Waals surface area contributed by atoms with Crippen LogP contribution in [-0.2, 0) is 14.3 Å². The molecule has 0 radical (unpaired) electrons. The van der Waals surface area contributed by atoms with E-state index in [1.807, 2.05) is 30.1 Å². The van der Waals surface area contributed by atoms with Gasteiger partial charge in [-0.15, -0.1) is 0 Å². The van der Waals surface area contributed by atoms with Crippen molar-refractivity contribution in [1.82, 2.24) is 10.2 Å². The number of aliphatic hydroxyl groups excluding tert-OH is 1. The third-order valence-corrected chi connectivity index (χ3v) is 11.2. The van der Waals surface area contributed by atoms with E-state index in [9.17, 15) is 14.7 Å². The van der Waals surface area contributed by atoms with Crippen LogP contribution in [0.5, 0.6) is 0 Å². The number of ether oxygens (including phenoxy) is 1. The Balaban J connectivity index is 1.50. The van der Waals surface area contributed by atoms with E-state index >= 15 is 0 Å². The molecule has 9 heteroatoms. The summed E-state index contributed by atoms with van der Waals surface area (Å²) in [6.07, 6.45) is 12.5. The molecule has 49 heavy (non-hydrogen) atoms. The van der Waals surface area contributed by atoms with E-state index in [0.29, 0.717) is 42.1 Å². The van der Waals surface area contributed by atoms with Gasteiger partial charge in [0.2, 0.25) is 5.91 Å². The molecule has 2 saturated heterocycles. The Morgan fingerprint density at radius 1 is 1.02 bits per heavy atom. The second-order valence-corrected chi connectivity index (χ2v) is 13.9. The molecule has 0 unspecified atom stereocenters. The first-order valence-corrected chi connectivity index (χ1v) is 17.5. The average molecular weight is 660 g/mol. The number of aliphatic hydroxyl groups is 1. The molecule has 9 nitrogen and oxygen atoms in total. The van der Waals surface area contributed by atoms with Gasteiger partial charge in [-0.2, -0.15) is 0 Å². The van der Waals surface area contributed by atoms with Gasteiger partial charge in [-0.25, -0.2) is 15.0 Å². The molecule has 6 aliphatic heterocycles. The number of aliphatic imine (C=N–C) groups is 3. The molecular weight excluding hydrogens is 614 g/mol. The molecule has 0 saturated carbocycles. The second kappa shape index (κ2) is 12.6. The van der Waals surface area contributed by atoms with Gasteiger partial charge in [-0.3, -0.25) is 9.59 Å². The van der Waals surface area contributed by atoms with Crippen molar-refractivity contribution < 1.29 is 19.4 Å². The fourth-order valence-electron chi connectivity index (χ4n) is 8.34.